The highest BCUT2D eigenvalue weighted by Gasteiger charge is 2.20. The van der Waals surface area contributed by atoms with E-state index in [2.05, 4.69) is 22.1 Å². The van der Waals surface area contributed by atoms with Crippen LogP contribution >= 0.6 is 46.6 Å². The Hall–Kier alpha value is -1.99. The maximum atomic E-state index is 12.5. The van der Waals surface area contributed by atoms with Gasteiger partial charge in [-0.1, -0.05) is 58.7 Å². The van der Waals surface area contributed by atoms with Gasteiger partial charge in [-0.05, 0) is 48.9 Å². The van der Waals surface area contributed by atoms with Crippen LogP contribution in [0, 0.1) is 0 Å². The summed E-state index contributed by atoms with van der Waals surface area (Å²) >= 11 is 19.5. The Morgan fingerprint density at radius 1 is 1.17 bits per heavy atom. The summed E-state index contributed by atoms with van der Waals surface area (Å²) in [5, 5.41) is 13.9. The zero-order valence-electron chi connectivity index (χ0n) is 16.1. The van der Waals surface area contributed by atoms with Crippen molar-refractivity contribution in [2.75, 3.05) is 0 Å². The molecule has 3 aromatic rings. The fourth-order valence-corrected chi connectivity index (χ4v) is 4.10. The molecule has 0 aliphatic carbocycles. The number of halogens is 3. The third-order valence-corrected chi connectivity index (χ3v) is 6.28. The van der Waals surface area contributed by atoms with Crippen LogP contribution in [0.2, 0.25) is 15.1 Å². The van der Waals surface area contributed by atoms with Crippen LogP contribution in [-0.4, -0.2) is 20.7 Å². The van der Waals surface area contributed by atoms with Gasteiger partial charge in [0.2, 0.25) is 0 Å². The molecule has 0 bridgehead atoms. The van der Waals surface area contributed by atoms with Gasteiger partial charge in [-0.3, -0.25) is 4.79 Å². The summed E-state index contributed by atoms with van der Waals surface area (Å²) in [6.07, 6.45) is 1.77. The smallest absolute Gasteiger partial charge is 0.251 e. The van der Waals surface area contributed by atoms with E-state index in [9.17, 15) is 4.79 Å². The third kappa shape index (κ3) is 5.58. The number of carbonyl (C=O) groups is 1. The first kappa shape index (κ1) is 22.7. The Kier molecular flexibility index (Phi) is 7.83. The average Bonchev–Trinajstić information content (AvgIpc) is 3.12. The highest BCUT2D eigenvalue weighted by Crippen LogP contribution is 2.28. The molecule has 9 heteroatoms. The SMILES string of the molecule is C=CCn1c(SCc2ccc(Cl)c(Cl)c2)nnc1[C@@H](C)NC(=O)c1ccc(Cl)cc1. The van der Waals surface area contributed by atoms with Crippen LogP contribution in [0.4, 0.5) is 0 Å². The molecule has 0 fully saturated rings. The molecule has 0 aliphatic rings. The minimum Gasteiger partial charge on any atom is -0.342 e. The average molecular weight is 482 g/mol. The molecule has 0 saturated heterocycles. The Morgan fingerprint density at radius 3 is 2.57 bits per heavy atom. The van der Waals surface area contributed by atoms with Crippen LogP contribution in [0.25, 0.3) is 0 Å². The second kappa shape index (κ2) is 10.4. The van der Waals surface area contributed by atoms with E-state index >= 15 is 0 Å². The van der Waals surface area contributed by atoms with Crippen LogP contribution in [0.3, 0.4) is 0 Å². The van der Waals surface area contributed by atoms with Crippen LogP contribution in [0.5, 0.6) is 0 Å². The van der Waals surface area contributed by atoms with Gasteiger partial charge in [0, 0.05) is 22.9 Å². The van der Waals surface area contributed by atoms with Crippen molar-refractivity contribution in [1.82, 2.24) is 20.1 Å². The van der Waals surface area contributed by atoms with E-state index in [4.69, 9.17) is 34.8 Å². The van der Waals surface area contributed by atoms with Crippen LogP contribution in [0.15, 0.2) is 60.3 Å². The van der Waals surface area contributed by atoms with Crippen LogP contribution in [-0.2, 0) is 12.3 Å². The summed E-state index contributed by atoms with van der Waals surface area (Å²) in [6.45, 7) is 6.20. The monoisotopic (exact) mass is 480 g/mol. The summed E-state index contributed by atoms with van der Waals surface area (Å²) in [7, 11) is 0. The second-order valence-electron chi connectivity index (χ2n) is 6.48. The molecular formula is C21H19Cl3N4OS. The lowest BCUT2D eigenvalue weighted by Crippen LogP contribution is -2.28. The highest BCUT2D eigenvalue weighted by atomic mass is 35.5. The van der Waals surface area contributed by atoms with Gasteiger partial charge in [0.15, 0.2) is 11.0 Å². The molecular weight excluding hydrogens is 463 g/mol. The molecule has 3 rings (SSSR count). The Bertz CT molecular complexity index is 1050. The van der Waals surface area contributed by atoms with Crippen molar-refractivity contribution >= 4 is 52.5 Å². The van der Waals surface area contributed by atoms with Crippen molar-refractivity contribution in [2.24, 2.45) is 0 Å². The maximum Gasteiger partial charge on any atom is 0.251 e. The molecule has 0 saturated carbocycles. The predicted octanol–water partition coefficient (Wildman–Crippen LogP) is 6.21. The van der Waals surface area contributed by atoms with E-state index in [1.54, 1.807) is 36.4 Å². The molecule has 5 nitrogen and oxygen atoms in total. The van der Waals surface area contributed by atoms with Crippen molar-refractivity contribution in [1.29, 1.82) is 0 Å². The van der Waals surface area contributed by atoms with Crippen molar-refractivity contribution in [3.63, 3.8) is 0 Å². The molecule has 1 amide bonds. The fraction of sp³-hybridized carbons (Fsp3) is 0.190. The van der Waals surface area contributed by atoms with Gasteiger partial charge in [0.1, 0.15) is 0 Å². The molecule has 2 aromatic carbocycles. The van der Waals surface area contributed by atoms with Crippen molar-refractivity contribution in [2.45, 2.75) is 30.4 Å². The van der Waals surface area contributed by atoms with E-state index in [0.717, 1.165) is 10.7 Å². The summed E-state index contributed by atoms with van der Waals surface area (Å²) < 4.78 is 1.93. The summed E-state index contributed by atoms with van der Waals surface area (Å²) in [5.41, 5.74) is 1.54. The second-order valence-corrected chi connectivity index (χ2v) is 8.67. The number of allylic oxidation sites excluding steroid dienone is 1. The summed E-state index contributed by atoms with van der Waals surface area (Å²) in [6, 6.07) is 11.9. The zero-order chi connectivity index (χ0) is 21.7. The van der Waals surface area contributed by atoms with Gasteiger partial charge in [-0.25, -0.2) is 0 Å². The van der Waals surface area contributed by atoms with E-state index in [0.29, 0.717) is 38.8 Å². The van der Waals surface area contributed by atoms with Crippen LogP contribution in [0.1, 0.15) is 34.7 Å². The molecule has 30 heavy (non-hydrogen) atoms. The number of aromatic nitrogens is 3. The Labute approximate surface area is 194 Å². The standard InChI is InChI=1S/C21H19Cl3N4OS/c1-3-10-28-19(13(2)25-20(29)15-5-7-16(22)8-6-15)26-27-21(28)30-12-14-4-9-17(23)18(24)11-14/h3-9,11,13H,1,10,12H2,2H3,(H,25,29)/t13-/m1/s1. The van der Waals surface area contributed by atoms with Crippen LogP contribution < -0.4 is 5.32 Å². The van der Waals surface area contributed by atoms with E-state index < -0.39 is 0 Å². The first-order valence-electron chi connectivity index (χ1n) is 9.06. The third-order valence-electron chi connectivity index (χ3n) is 4.25. The lowest BCUT2D eigenvalue weighted by molar-refractivity contribution is 0.0937. The van der Waals surface area contributed by atoms with E-state index in [1.165, 1.54) is 11.8 Å². The topological polar surface area (TPSA) is 59.8 Å². The summed E-state index contributed by atoms with van der Waals surface area (Å²) in [5.74, 6) is 1.09. The molecule has 1 aromatic heterocycles. The molecule has 1 atom stereocenters. The predicted molar refractivity (Wildman–Crippen MR) is 124 cm³/mol. The number of nitrogens with zero attached hydrogens (tertiary/aromatic N) is 3. The number of hydrogen-bond acceptors (Lipinski definition) is 4. The molecule has 0 aliphatic heterocycles. The van der Waals surface area contributed by atoms with Gasteiger partial charge in [0.25, 0.3) is 5.91 Å². The van der Waals surface area contributed by atoms with E-state index in [-0.39, 0.29) is 11.9 Å². The normalized spacial score (nSPS) is 11.9. The van der Waals surface area contributed by atoms with Gasteiger partial charge >= 0.3 is 0 Å². The number of benzene rings is 2. The van der Waals surface area contributed by atoms with Crippen molar-refractivity contribution in [3.8, 4) is 0 Å². The first-order chi connectivity index (χ1) is 14.4. The van der Waals surface area contributed by atoms with Gasteiger partial charge in [0.05, 0.1) is 16.1 Å². The number of rotatable bonds is 8. The lowest BCUT2D eigenvalue weighted by atomic mass is 10.2. The molecule has 156 valence electrons. The van der Waals surface area contributed by atoms with E-state index in [1.807, 2.05) is 23.6 Å². The molecule has 0 radical (unpaired) electrons. The zero-order valence-corrected chi connectivity index (χ0v) is 19.2. The number of nitrogens with one attached hydrogen (secondary N) is 1. The Balaban J connectivity index is 1.73. The van der Waals surface area contributed by atoms with Gasteiger partial charge < -0.3 is 9.88 Å². The number of carbonyl (C=O) groups excluding carboxylic acids is 1. The van der Waals surface area contributed by atoms with Gasteiger partial charge in [-0.2, -0.15) is 0 Å². The van der Waals surface area contributed by atoms with Crippen molar-refractivity contribution < 1.29 is 4.79 Å². The maximum absolute atomic E-state index is 12.5. The number of thioether (sulfide) groups is 1. The minimum atomic E-state index is -0.347. The minimum absolute atomic E-state index is 0.211. The number of hydrogen-bond donors (Lipinski definition) is 1. The number of amides is 1. The Morgan fingerprint density at radius 2 is 1.90 bits per heavy atom. The van der Waals surface area contributed by atoms with Gasteiger partial charge in [-0.15, -0.1) is 16.8 Å². The molecule has 0 spiro atoms. The van der Waals surface area contributed by atoms with Crippen molar-refractivity contribution in [3.05, 3.63) is 87.1 Å². The molecule has 1 N–H and O–H groups in total. The largest absolute Gasteiger partial charge is 0.342 e. The summed E-state index contributed by atoms with van der Waals surface area (Å²) in [4.78, 5) is 12.5. The quantitative estimate of drug-likeness (QED) is 0.307. The lowest BCUT2D eigenvalue weighted by Gasteiger charge is -2.15. The first-order valence-corrected chi connectivity index (χ1v) is 11.2. The highest BCUT2D eigenvalue weighted by molar-refractivity contribution is 7.98. The fourth-order valence-electron chi connectivity index (χ4n) is 2.75. The molecule has 1 heterocycles. The molecule has 0 unspecified atom stereocenters.